The highest BCUT2D eigenvalue weighted by Gasteiger charge is 2.38. The average Bonchev–Trinajstić information content (AvgIpc) is 3.29. The maximum atomic E-state index is 12.9. The second-order valence-corrected chi connectivity index (χ2v) is 10.2. The number of pyridine rings is 1. The molecule has 2 fully saturated rings. The van der Waals surface area contributed by atoms with Gasteiger partial charge >= 0.3 is 0 Å². The van der Waals surface area contributed by atoms with Gasteiger partial charge in [0.25, 0.3) is 5.56 Å². The van der Waals surface area contributed by atoms with Crippen molar-refractivity contribution in [2.24, 2.45) is 5.41 Å². The van der Waals surface area contributed by atoms with Crippen molar-refractivity contribution in [3.63, 3.8) is 0 Å². The molecule has 0 unspecified atom stereocenters. The van der Waals surface area contributed by atoms with Crippen LogP contribution >= 0.6 is 23.4 Å². The highest BCUT2D eigenvalue weighted by molar-refractivity contribution is 7.99. The minimum absolute atomic E-state index is 0.164. The number of anilines is 1. The van der Waals surface area contributed by atoms with Gasteiger partial charge in [-0.1, -0.05) is 23.4 Å². The molecule has 2 aliphatic heterocycles. The van der Waals surface area contributed by atoms with Crippen molar-refractivity contribution in [1.82, 2.24) is 14.5 Å². The van der Waals surface area contributed by atoms with Crippen molar-refractivity contribution in [2.75, 3.05) is 44.9 Å². The van der Waals surface area contributed by atoms with E-state index in [9.17, 15) is 4.79 Å². The largest absolute Gasteiger partial charge is 0.383 e. The number of hydrogen-bond donors (Lipinski definition) is 0. The average molecular weight is 487 g/mol. The topological polar surface area (TPSA) is 69.5 Å². The number of methoxy groups -OCH3 is 1. The third-order valence-electron chi connectivity index (χ3n) is 6.74. The predicted molar refractivity (Wildman–Crippen MR) is 131 cm³/mol. The summed E-state index contributed by atoms with van der Waals surface area (Å²) in [6.45, 7) is 4.75. The van der Waals surface area contributed by atoms with E-state index in [2.05, 4.69) is 20.9 Å². The Balaban J connectivity index is 1.32. The molecule has 174 valence electrons. The van der Waals surface area contributed by atoms with Gasteiger partial charge in [-0.15, -0.1) is 0 Å². The highest BCUT2D eigenvalue weighted by Crippen LogP contribution is 2.40. The number of aromatic nitrogens is 3. The second kappa shape index (κ2) is 9.62. The van der Waals surface area contributed by atoms with Gasteiger partial charge in [-0.3, -0.25) is 9.36 Å². The Kier molecular flexibility index (Phi) is 6.60. The third-order valence-corrected chi connectivity index (χ3v) is 8.26. The quantitative estimate of drug-likeness (QED) is 0.515. The molecule has 0 atom stereocenters. The number of nitrogens with zero attached hydrogens (tertiary/aromatic N) is 4. The monoisotopic (exact) mass is 486 g/mol. The number of piperidine rings is 1. The molecule has 0 saturated carbocycles. The first-order chi connectivity index (χ1) is 16.1. The van der Waals surface area contributed by atoms with Crippen LogP contribution in [0.5, 0.6) is 0 Å². The van der Waals surface area contributed by atoms with E-state index < -0.39 is 0 Å². The summed E-state index contributed by atoms with van der Waals surface area (Å²) in [7, 11) is 1.60. The van der Waals surface area contributed by atoms with E-state index in [0.717, 1.165) is 41.9 Å². The van der Waals surface area contributed by atoms with E-state index in [0.29, 0.717) is 34.5 Å². The van der Waals surface area contributed by atoms with Crippen LogP contribution in [0.1, 0.15) is 19.3 Å². The molecular weight excluding hydrogens is 460 g/mol. The summed E-state index contributed by atoms with van der Waals surface area (Å²) in [4.78, 5) is 25.1. The van der Waals surface area contributed by atoms with Gasteiger partial charge < -0.3 is 14.4 Å². The molecule has 1 spiro atoms. The minimum atomic E-state index is -0.164. The fourth-order valence-corrected chi connectivity index (χ4v) is 5.78. The van der Waals surface area contributed by atoms with E-state index in [1.807, 2.05) is 24.4 Å². The number of rotatable bonds is 6. The summed E-state index contributed by atoms with van der Waals surface area (Å²) in [5, 5.41) is 1.67. The second-order valence-electron chi connectivity index (χ2n) is 8.75. The van der Waals surface area contributed by atoms with E-state index in [4.69, 9.17) is 21.1 Å². The van der Waals surface area contributed by atoms with E-state index in [-0.39, 0.29) is 5.56 Å². The van der Waals surface area contributed by atoms with Gasteiger partial charge in [-0.05, 0) is 48.9 Å². The molecule has 7 nitrogen and oxygen atoms in total. The van der Waals surface area contributed by atoms with Crippen molar-refractivity contribution in [1.29, 1.82) is 0 Å². The zero-order valence-electron chi connectivity index (χ0n) is 18.6. The minimum Gasteiger partial charge on any atom is -0.383 e. The van der Waals surface area contributed by atoms with E-state index in [1.165, 1.54) is 41.9 Å². The van der Waals surface area contributed by atoms with Crippen LogP contribution in [0.2, 0.25) is 5.02 Å². The Bertz CT molecular complexity index is 1180. The molecular formula is C24H27ClN4O3S. The molecule has 0 radical (unpaired) electrons. The maximum Gasteiger partial charge on any atom is 0.262 e. The van der Waals surface area contributed by atoms with Gasteiger partial charge in [0, 0.05) is 31.7 Å². The van der Waals surface area contributed by atoms with Gasteiger partial charge in [0.1, 0.15) is 5.03 Å². The molecule has 0 N–H and O–H groups in total. The van der Waals surface area contributed by atoms with E-state index in [1.54, 1.807) is 7.11 Å². The van der Waals surface area contributed by atoms with Crippen molar-refractivity contribution >= 4 is 40.0 Å². The molecule has 2 aromatic heterocycles. The van der Waals surface area contributed by atoms with Gasteiger partial charge in [-0.2, -0.15) is 0 Å². The first-order valence-electron chi connectivity index (χ1n) is 11.2. The highest BCUT2D eigenvalue weighted by atomic mass is 35.5. The van der Waals surface area contributed by atoms with Crippen molar-refractivity contribution in [3.05, 3.63) is 52.2 Å². The molecule has 0 amide bonds. The van der Waals surface area contributed by atoms with Gasteiger partial charge in [-0.25, -0.2) is 9.97 Å². The third kappa shape index (κ3) is 4.62. The number of fused-ring (bicyclic) bond motifs is 1. The summed E-state index contributed by atoms with van der Waals surface area (Å²) in [5.41, 5.74) is 1.96. The standard InChI is InChI=1S/C24H27ClN4O3S/c1-31-13-11-29-16-27-18-3-4-19(22(25)21(18)23(29)30)33-20-5-2-17(14-26-20)28-9-6-24(7-10-28)8-12-32-15-24/h2-5,14,16H,6-13,15H2,1H3. The van der Waals surface area contributed by atoms with Crippen LogP contribution in [0.15, 0.2) is 51.5 Å². The summed E-state index contributed by atoms with van der Waals surface area (Å²) in [5.74, 6) is 0. The molecule has 4 heterocycles. The van der Waals surface area contributed by atoms with E-state index >= 15 is 0 Å². The molecule has 33 heavy (non-hydrogen) atoms. The Morgan fingerprint density at radius 2 is 2.03 bits per heavy atom. The Hall–Kier alpha value is -2.13. The summed E-state index contributed by atoms with van der Waals surface area (Å²) >= 11 is 8.12. The van der Waals surface area contributed by atoms with Gasteiger partial charge in [0.05, 0.1) is 53.9 Å². The summed E-state index contributed by atoms with van der Waals surface area (Å²) in [6, 6.07) is 7.86. The van der Waals surface area contributed by atoms with Crippen molar-refractivity contribution in [2.45, 2.75) is 35.7 Å². The summed E-state index contributed by atoms with van der Waals surface area (Å²) < 4.78 is 12.3. The molecule has 2 aliphatic rings. The Labute approximate surface area is 202 Å². The van der Waals surface area contributed by atoms with Crippen LogP contribution in [0.25, 0.3) is 10.9 Å². The lowest BCUT2D eigenvalue weighted by Crippen LogP contribution is -2.40. The molecule has 5 rings (SSSR count). The fraction of sp³-hybridized carbons (Fsp3) is 0.458. The zero-order chi connectivity index (χ0) is 22.8. The van der Waals surface area contributed by atoms with Crippen LogP contribution in [-0.2, 0) is 16.0 Å². The van der Waals surface area contributed by atoms with Crippen LogP contribution in [0.3, 0.4) is 0 Å². The zero-order valence-corrected chi connectivity index (χ0v) is 20.2. The first kappa shape index (κ1) is 22.7. The van der Waals surface area contributed by atoms with Crippen LogP contribution < -0.4 is 10.5 Å². The molecule has 9 heteroatoms. The van der Waals surface area contributed by atoms with Crippen LogP contribution in [-0.4, -0.2) is 54.6 Å². The lowest BCUT2D eigenvalue weighted by molar-refractivity contribution is 0.134. The normalized spacial score (nSPS) is 17.8. The van der Waals surface area contributed by atoms with Gasteiger partial charge in [0.15, 0.2) is 0 Å². The molecule has 3 aromatic rings. The SMILES string of the molecule is COCCn1cnc2ccc(Sc3ccc(N4CCC5(CCOC5)CC4)cn3)c(Cl)c2c1=O. The Morgan fingerprint density at radius 1 is 1.18 bits per heavy atom. The summed E-state index contributed by atoms with van der Waals surface area (Å²) in [6.07, 6.45) is 7.00. The van der Waals surface area contributed by atoms with Crippen LogP contribution in [0, 0.1) is 5.41 Å². The maximum absolute atomic E-state index is 12.9. The first-order valence-corrected chi connectivity index (χ1v) is 12.4. The molecule has 0 aliphatic carbocycles. The lowest BCUT2D eigenvalue weighted by Gasteiger charge is -2.39. The Morgan fingerprint density at radius 3 is 2.73 bits per heavy atom. The number of hydrogen-bond acceptors (Lipinski definition) is 7. The molecule has 2 saturated heterocycles. The van der Waals surface area contributed by atoms with Crippen molar-refractivity contribution in [3.8, 4) is 0 Å². The smallest absolute Gasteiger partial charge is 0.262 e. The van der Waals surface area contributed by atoms with Gasteiger partial charge in [0.2, 0.25) is 0 Å². The number of benzene rings is 1. The number of halogens is 1. The van der Waals surface area contributed by atoms with Crippen molar-refractivity contribution < 1.29 is 9.47 Å². The number of ether oxygens (including phenoxy) is 2. The molecule has 1 aromatic carbocycles. The van der Waals surface area contributed by atoms with Crippen LogP contribution in [0.4, 0.5) is 5.69 Å². The lowest BCUT2D eigenvalue weighted by atomic mass is 9.78. The molecule has 0 bridgehead atoms. The fourth-order valence-electron chi connectivity index (χ4n) is 4.63. The predicted octanol–water partition coefficient (Wildman–Crippen LogP) is 4.25.